The van der Waals surface area contributed by atoms with Gasteiger partial charge in [-0.25, -0.2) is 0 Å². The van der Waals surface area contributed by atoms with Crippen molar-refractivity contribution in [3.63, 3.8) is 0 Å². The molecule has 1 unspecified atom stereocenters. The Morgan fingerprint density at radius 2 is 1.81 bits per heavy atom. The predicted molar refractivity (Wildman–Crippen MR) is 102 cm³/mol. The Hall–Kier alpha value is -3.28. The van der Waals surface area contributed by atoms with Crippen molar-refractivity contribution in [3.05, 3.63) is 72.0 Å². The van der Waals surface area contributed by atoms with Crippen LogP contribution in [0.3, 0.4) is 0 Å². The van der Waals surface area contributed by atoms with Gasteiger partial charge in [0.05, 0.1) is 0 Å². The van der Waals surface area contributed by atoms with E-state index in [2.05, 4.69) is 10.5 Å². The molecule has 3 rings (SSSR count). The van der Waals surface area contributed by atoms with E-state index in [0.717, 1.165) is 11.3 Å². The predicted octanol–water partition coefficient (Wildman–Crippen LogP) is 4.36. The molecule has 0 spiro atoms. The van der Waals surface area contributed by atoms with Crippen LogP contribution in [0.2, 0.25) is 0 Å². The number of benzene rings is 2. The van der Waals surface area contributed by atoms with Gasteiger partial charge in [-0.3, -0.25) is 4.79 Å². The van der Waals surface area contributed by atoms with Crippen LogP contribution in [0.4, 0.5) is 5.82 Å². The van der Waals surface area contributed by atoms with Gasteiger partial charge in [-0.15, -0.1) is 0 Å². The van der Waals surface area contributed by atoms with Gasteiger partial charge in [0.25, 0.3) is 5.91 Å². The normalized spacial score (nSPS) is 11.6. The molecule has 1 heterocycles. The average molecular weight is 366 g/mol. The Balaban J connectivity index is 1.54. The van der Waals surface area contributed by atoms with Gasteiger partial charge in [-0.05, 0) is 43.2 Å². The van der Waals surface area contributed by atoms with Crippen LogP contribution in [0, 0.1) is 6.92 Å². The highest BCUT2D eigenvalue weighted by molar-refractivity contribution is 5.93. The first-order valence-electron chi connectivity index (χ1n) is 8.81. The molecular formula is C21H22N2O4. The largest absolute Gasteiger partial charge is 0.489 e. The first-order chi connectivity index (χ1) is 13.1. The number of aromatic nitrogens is 1. The second kappa shape index (κ2) is 8.89. The molecule has 6 nitrogen and oxygen atoms in total. The van der Waals surface area contributed by atoms with Crippen LogP contribution in [0.15, 0.2) is 65.2 Å². The summed E-state index contributed by atoms with van der Waals surface area (Å²) >= 11 is 0. The molecule has 0 radical (unpaired) electrons. The molecule has 1 amide bonds. The third kappa shape index (κ3) is 5.34. The summed E-state index contributed by atoms with van der Waals surface area (Å²) in [5, 5.41) is 6.45. The standard InChI is InChI=1S/C21H22N2O4/c1-3-19(21(24)22-20-13-15(2)27-23-20)26-18-11-9-17(10-12-18)25-14-16-7-5-4-6-8-16/h4-13,19H,3,14H2,1-2H3,(H,22,23,24). The van der Waals surface area contributed by atoms with Crippen LogP contribution < -0.4 is 14.8 Å². The zero-order valence-electron chi connectivity index (χ0n) is 15.3. The number of nitrogens with one attached hydrogen (secondary N) is 1. The second-order valence-corrected chi connectivity index (χ2v) is 6.07. The summed E-state index contributed by atoms with van der Waals surface area (Å²) in [7, 11) is 0. The highest BCUT2D eigenvalue weighted by Gasteiger charge is 2.19. The number of ether oxygens (including phenoxy) is 2. The Labute approximate surface area is 158 Å². The van der Waals surface area contributed by atoms with E-state index < -0.39 is 6.10 Å². The molecule has 0 bridgehead atoms. The van der Waals surface area contributed by atoms with E-state index in [0.29, 0.717) is 30.4 Å². The number of aryl methyl sites for hydroxylation is 1. The number of carbonyl (C=O) groups is 1. The number of anilines is 1. The van der Waals surface area contributed by atoms with Crippen LogP contribution in [-0.4, -0.2) is 17.2 Å². The van der Waals surface area contributed by atoms with Gasteiger partial charge >= 0.3 is 0 Å². The van der Waals surface area contributed by atoms with E-state index in [9.17, 15) is 4.79 Å². The number of rotatable bonds is 8. The molecule has 6 heteroatoms. The summed E-state index contributed by atoms with van der Waals surface area (Å²) in [5.41, 5.74) is 1.10. The zero-order chi connectivity index (χ0) is 19.1. The van der Waals surface area contributed by atoms with Crippen LogP contribution in [0.1, 0.15) is 24.7 Å². The third-order valence-electron chi connectivity index (χ3n) is 3.89. The smallest absolute Gasteiger partial charge is 0.266 e. The topological polar surface area (TPSA) is 73.6 Å². The number of carbonyl (C=O) groups excluding carboxylic acids is 1. The van der Waals surface area contributed by atoms with Gasteiger partial charge in [-0.1, -0.05) is 42.4 Å². The second-order valence-electron chi connectivity index (χ2n) is 6.07. The van der Waals surface area contributed by atoms with Crippen LogP contribution in [-0.2, 0) is 11.4 Å². The quantitative estimate of drug-likeness (QED) is 0.641. The lowest BCUT2D eigenvalue weighted by Crippen LogP contribution is -2.32. The molecule has 1 aromatic heterocycles. The van der Waals surface area contributed by atoms with E-state index in [-0.39, 0.29) is 5.91 Å². The third-order valence-corrected chi connectivity index (χ3v) is 3.89. The minimum atomic E-state index is -0.627. The number of hydrogen-bond acceptors (Lipinski definition) is 5. The minimum Gasteiger partial charge on any atom is -0.489 e. The van der Waals surface area contributed by atoms with Gasteiger partial charge in [0.15, 0.2) is 11.9 Å². The first kappa shape index (κ1) is 18.5. The van der Waals surface area contributed by atoms with Crippen molar-refractivity contribution in [1.82, 2.24) is 5.16 Å². The highest BCUT2D eigenvalue weighted by Crippen LogP contribution is 2.21. The van der Waals surface area contributed by atoms with Gasteiger partial charge in [0.1, 0.15) is 23.9 Å². The Morgan fingerprint density at radius 3 is 2.44 bits per heavy atom. The number of amides is 1. The summed E-state index contributed by atoms with van der Waals surface area (Å²) in [5.74, 6) is 2.08. The van der Waals surface area contributed by atoms with E-state index in [1.807, 2.05) is 49.4 Å². The van der Waals surface area contributed by atoms with E-state index in [4.69, 9.17) is 14.0 Å². The molecular weight excluding hydrogens is 344 g/mol. The van der Waals surface area contributed by atoms with Crippen molar-refractivity contribution in [1.29, 1.82) is 0 Å². The van der Waals surface area contributed by atoms with E-state index in [1.54, 1.807) is 25.1 Å². The summed E-state index contributed by atoms with van der Waals surface area (Å²) in [4.78, 5) is 12.3. The van der Waals surface area contributed by atoms with Gasteiger partial charge in [0.2, 0.25) is 0 Å². The molecule has 1 atom stereocenters. The maximum Gasteiger partial charge on any atom is 0.266 e. The lowest BCUT2D eigenvalue weighted by atomic mass is 10.2. The van der Waals surface area contributed by atoms with Crippen LogP contribution in [0.25, 0.3) is 0 Å². The number of hydrogen-bond donors (Lipinski definition) is 1. The van der Waals surface area contributed by atoms with Crippen molar-refractivity contribution in [2.75, 3.05) is 5.32 Å². The molecule has 0 aliphatic heterocycles. The summed E-state index contributed by atoms with van der Waals surface area (Å²) in [6.45, 7) is 4.14. The van der Waals surface area contributed by atoms with Crippen LogP contribution >= 0.6 is 0 Å². The number of nitrogens with zero attached hydrogens (tertiary/aromatic N) is 1. The van der Waals surface area contributed by atoms with Crippen molar-refractivity contribution in [2.45, 2.75) is 33.0 Å². The molecule has 1 N–H and O–H groups in total. The highest BCUT2D eigenvalue weighted by atomic mass is 16.5. The van der Waals surface area contributed by atoms with Crippen molar-refractivity contribution in [3.8, 4) is 11.5 Å². The molecule has 0 saturated carbocycles. The SMILES string of the molecule is CCC(Oc1ccc(OCc2ccccc2)cc1)C(=O)Nc1cc(C)on1. The van der Waals surface area contributed by atoms with E-state index >= 15 is 0 Å². The summed E-state index contributed by atoms with van der Waals surface area (Å²) in [6.07, 6.45) is -0.104. The Kier molecular flexibility index (Phi) is 6.10. The lowest BCUT2D eigenvalue weighted by molar-refractivity contribution is -0.122. The Bertz CT molecular complexity index is 859. The summed E-state index contributed by atoms with van der Waals surface area (Å²) < 4.78 is 16.5. The van der Waals surface area contributed by atoms with Gasteiger partial charge in [0, 0.05) is 6.07 Å². The van der Waals surface area contributed by atoms with E-state index in [1.165, 1.54) is 0 Å². The van der Waals surface area contributed by atoms with Crippen LogP contribution in [0.5, 0.6) is 11.5 Å². The molecule has 27 heavy (non-hydrogen) atoms. The molecule has 0 fully saturated rings. The van der Waals surface area contributed by atoms with Gasteiger partial charge in [-0.2, -0.15) is 0 Å². The maximum absolute atomic E-state index is 12.3. The molecule has 0 saturated heterocycles. The van der Waals surface area contributed by atoms with Gasteiger partial charge < -0.3 is 19.3 Å². The van der Waals surface area contributed by atoms with Crippen molar-refractivity contribution < 1.29 is 18.8 Å². The molecule has 140 valence electrons. The lowest BCUT2D eigenvalue weighted by Gasteiger charge is -2.16. The monoisotopic (exact) mass is 366 g/mol. The van der Waals surface area contributed by atoms with Crippen molar-refractivity contribution in [2.24, 2.45) is 0 Å². The maximum atomic E-state index is 12.3. The fourth-order valence-corrected chi connectivity index (χ4v) is 2.47. The molecule has 0 aliphatic carbocycles. The average Bonchev–Trinajstić information content (AvgIpc) is 3.10. The molecule has 2 aromatic carbocycles. The molecule has 0 aliphatic rings. The Morgan fingerprint density at radius 1 is 1.11 bits per heavy atom. The molecule has 3 aromatic rings. The summed E-state index contributed by atoms with van der Waals surface area (Å²) in [6, 6.07) is 18.8. The minimum absolute atomic E-state index is 0.268. The zero-order valence-corrected chi connectivity index (χ0v) is 15.3. The first-order valence-corrected chi connectivity index (χ1v) is 8.81. The fraction of sp³-hybridized carbons (Fsp3) is 0.238. The van der Waals surface area contributed by atoms with Crippen molar-refractivity contribution >= 4 is 11.7 Å². The fourth-order valence-electron chi connectivity index (χ4n) is 2.47.